The lowest BCUT2D eigenvalue weighted by atomic mass is 9.92. The van der Waals surface area contributed by atoms with Gasteiger partial charge in [-0.2, -0.15) is 0 Å². The number of amidine groups is 1. The number of alkyl halides is 3. The van der Waals surface area contributed by atoms with Gasteiger partial charge in [-0.1, -0.05) is 11.2 Å². The summed E-state index contributed by atoms with van der Waals surface area (Å²) in [6, 6.07) is -1.36. The minimum absolute atomic E-state index is 0.139. The molecule has 35 heavy (non-hydrogen) atoms. The van der Waals surface area contributed by atoms with E-state index in [1.807, 2.05) is 0 Å². The number of halogens is 8. The van der Waals surface area contributed by atoms with Crippen LogP contribution in [0.4, 0.5) is 35.1 Å². The average Bonchev–Trinajstić information content (AvgIpc) is 3.35. The summed E-state index contributed by atoms with van der Waals surface area (Å²) in [4.78, 5) is 5.92. The number of benzene rings is 2. The number of oxime groups is 1. The zero-order valence-electron chi connectivity index (χ0n) is 17.3. The number of hydrogen-bond acceptors (Lipinski definition) is 5. The molecule has 0 bridgehead atoms. The molecule has 0 amide bonds. The summed E-state index contributed by atoms with van der Waals surface area (Å²) in [6.07, 6.45) is -2.10. The summed E-state index contributed by atoms with van der Waals surface area (Å²) in [5, 5.41) is 3.55. The van der Waals surface area contributed by atoms with E-state index in [2.05, 4.69) is 5.16 Å². The monoisotopic (exact) mass is 529 g/mol. The Hall–Kier alpha value is -2.94. The van der Waals surface area contributed by atoms with Gasteiger partial charge < -0.3 is 9.74 Å². The van der Waals surface area contributed by atoms with E-state index in [4.69, 9.17) is 4.84 Å². The van der Waals surface area contributed by atoms with Crippen LogP contribution in [0.25, 0.3) is 11.1 Å². The molecule has 0 aliphatic carbocycles. The molecule has 0 aromatic heterocycles. The average molecular weight is 529 g/mol. The molecule has 2 aromatic carbocycles. The molecule has 2 aromatic rings. The second kappa shape index (κ2) is 8.93. The summed E-state index contributed by atoms with van der Waals surface area (Å²) in [5.74, 6) is -11.5. The molecule has 15 heteroatoms. The van der Waals surface area contributed by atoms with Crippen molar-refractivity contribution >= 4 is 15.9 Å². The fraction of sp³-hybridized carbons (Fsp3) is 0.350. The van der Waals surface area contributed by atoms with Crippen molar-refractivity contribution < 1.29 is 48.4 Å². The SMILES string of the molecule is O=S(=O)(CF)N[C@@H]1CN(C2=NOC(c3c(F)cc(F)c(F)c3-c3c(F)cccc3F)C2)CC1(F)F. The standard InChI is InChI=1S/C20H15F8N3O3S/c21-8-35(32,33)30-14-6-31(7-20(14,27)28)15-5-13(34-29-15)17-11(24)4-12(25)19(26)18(17)16-9(22)2-1-3-10(16)23/h1-4,13-14,30H,5-8H2/t13?,14-/m1/s1. The van der Waals surface area contributed by atoms with Crippen molar-refractivity contribution in [3.05, 3.63) is 58.9 Å². The number of nitrogens with zero attached hydrogens (tertiary/aromatic N) is 2. The van der Waals surface area contributed by atoms with Crippen LogP contribution in [0, 0.1) is 29.1 Å². The molecule has 0 radical (unpaired) electrons. The second-order valence-corrected chi connectivity index (χ2v) is 9.56. The van der Waals surface area contributed by atoms with Gasteiger partial charge in [-0.05, 0) is 12.1 Å². The van der Waals surface area contributed by atoms with Crippen LogP contribution < -0.4 is 4.72 Å². The third-order valence-electron chi connectivity index (χ3n) is 5.54. The van der Waals surface area contributed by atoms with Crippen LogP contribution in [0.1, 0.15) is 18.1 Å². The van der Waals surface area contributed by atoms with Gasteiger partial charge in [0.1, 0.15) is 29.3 Å². The predicted octanol–water partition coefficient (Wildman–Crippen LogP) is 3.99. The normalized spacial score (nSPS) is 21.8. The lowest BCUT2D eigenvalue weighted by molar-refractivity contribution is -0.00133. The number of hydrogen-bond donors (Lipinski definition) is 1. The van der Waals surface area contributed by atoms with Crippen LogP contribution in [-0.4, -0.2) is 50.2 Å². The first-order chi connectivity index (χ1) is 16.3. The summed E-state index contributed by atoms with van der Waals surface area (Å²) < 4.78 is 138. The van der Waals surface area contributed by atoms with Crippen LogP contribution in [-0.2, 0) is 14.9 Å². The Balaban J connectivity index is 1.65. The Morgan fingerprint density at radius 3 is 2.34 bits per heavy atom. The first-order valence-corrected chi connectivity index (χ1v) is 11.5. The van der Waals surface area contributed by atoms with Gasteiger partial charge in [0, 0.05) is 23.7 Å². The van der Waals surface area contributed by atoms with Crippen LogP contribution >= 0.6 is 0 Å². The highest BCUT2D eigenvalue weighted by Gasteiger charge is 2.51. The highest BCUT2D eigenvalue weighted by molar-refractivity contribution is 7.89. The highest BCUT2D eigenvalue weighted by atomic mass is 32.2. The number of rotatable bonds is 5. The molecule has 1 unspecified atom stereocenters. The van der Waals surface area contributed by atoms with Crippen molar-refractivity contribution in [3.63, 3.8) is 0 Å². The number of likely N-dealkylation sites (tertiary alicyclic amines) is 1. The summed E-state index contributed by atoms with van der Waals surface area (Å²) >= 11 is 0. The van der Waals surface area contributed by atoms with E-state index >= 15 is 0 Å². The van der Waals surface area contributed by atoms with Gasteiger partial charge in [0.05, 0.1) is 18.5 Å². The summed E-state index contributed by atoms with van der Waals surface area (Å²) in [7, 11) is -4.63. The maximum Gasteiger partial charge on any atom is 0.282 e. The lowest BCUT2D eigenvalue weighted by Gasteiger charge is -2.19. The maximum absolute atomic E-state index is 14.8. The molecule has 4 rings (SSSR count). The lowest BCUT2D eigenvalue weighted by Crippen LogP contribution is -2.47. The van der Waals surface area contributed by atoms with Crippen molar-refractivity contribution in [2.24, 2.45) is 5.16 Å². The fourth-order valence-corrected chi connectivity index (χ4v) is 4.71. The van der Waals surface area contributed by atoms with Crippen molar-refractivity contribution in [2.75, 3.05) is 19.1 Å². The molecular formula is C20H15F8N3O3S. The third-order valence-corrected chi connectivity index (χ3v) is 6.47. The van der Waals surface area contributed by atoms with Crippen molar-refractivity contribution in [2.45, 2.75) is 24.5 Å². The molecule has 1 saturated heterocycles. The zero-order chi connectivity index (χ0) is 25.7. The Morgan fingerprint density at radius 2 is 1.71 bits per heavy atom. The van der Waals surface area contributed by atoms with Crippen molar-refractivity contribution in [3.8, 4) is 11.1 Å². The van der Waals surface area contributed by atoms with Gasteiger partial charge in [0.2, 0.25) is 16.0 Å². The van der Waals surface area contributed by atoms with Gasteiger partial charge >= 0.3 is 0 Å². The van der Waals surface area contributed by atoms with E-state index in [0.29, 0.717) is 0 Å². The molecule has 2 heterocycles. The molecule has 2 aliphatic rings. The van der Waals surface area contributed by atoms with E-state index in [1.54, 1.807) is 0 Å². The van der Waals surface area contributed by atoms with Gasteiger partial charge in [0.15, 0.2) is 17.7 Å². The molecular weight excluding hydrogens is 514 g/mol. The molecule has 1 fully saturated rings. The molecule has 2 atom stereocenters. The minimum atomic E-state index is -4.63. The first kappa shape index (κ1) is 25.2. The first-order valence-electron chi connectivity index (χ1n) is 9.88. The molecule has 0 saturated carbocycles. The van der Waals surface area contributed by atoms with E-state index in [1.165, 1.54) is 4.72 Å². The largest absolute Gasteiger partial charge is 0.386 e. The topological polar surface area (TPSA) is 71.0 Å². The minimum Gasteiger partial charge on any atom is -0.386 e. The van der Waals surface area contributed by atoms with Crippen molar-refractivity contribution in [1.29, 1.82) is 0 Å². The Morgan fingerprint density at radius 1 is 1.06 bits per heavy atom. The smallest absolute Gasteiger partial charge is 0.282 e. The van der Waals surface area contributed by atoms with Crippen LogP contribution in [0.5, 0.6) is 0 Å². The van der Waals surface area contributed by atoms with E-state index in [9.17, 15) is 43.5 Å². The van der Waals surface area contributed by atoms with Gasteiger partial charge in [-0.15, -0.1) is 0 Å². The van der Waals surface area contributed by atoms with Crippen molar-refractivity contribution in [1.82, 2.24) is 9.62 Å². The fourth-order valence-electron chi connectivity index (χ4n) is 3.96. The molecule has 190 valence electrons. The summed E-state index contributed by atoms with van der Waals surface area (Å²) in [5.41, 5.74) is -2.96. The third kappa shape index (κ3) is 4.66. The quantitative estimate of drug-likeness (QED) is 0.470. The number of nitrogens with one attached hydrogen (secondary N) is 1. The second-order valence-electron chi connectivity index (χ2n) is 7.88. The van der Waals surface area contributed by atoms with Crippen LogP contribution in [0.2, 0.25) is 0 Å². The maximum atomic E-state index is 14.8. The Kier molecular flexibility index (Phi) is 6.42. The summed E-state index contributed by atoms with van der Waals surface area (Å²) in [6.45, 7) is -1.74. The Labute approximate surface area is 193 Å². The van der Waals surface area contributed by atoms with E-state index < -0.39 is 99.4 Å². The molecule has 2 aliphatic heterocycles. The van der Waals surface area contributed by atoms with Crippen LogP contribution in [0.3, 0.4) is 0 Å². The van der Waals surface area contributed by atoms with Crippen LogP contribution in [0.15, 0.2) is 29.4 Å². The predicted molar refractivity (Wildman–Crippen MR) is 106 cm³/mol. The Bertz CT molecular complexity index is 1280. The van der Waals surface area contributed by atoms with Gasteiger partial charge in [0.25, 0.3) is 5.92 Å². The number of sulfonamides is 1. The molecule has 1 N–H and O–H groups in total. The molecule has 0 spiro atoms. The molecule has 6 nitrogen and oxygen atoms in total. The van der Waals surface area contributed by atoms with Gasteiger partial charge in [-0.3, -0.25) is 0 Å². The van der Waals surface area contributed by atoms with E-state index in [0.717, 1.165) is 23.1 Å². The zero-order valence-corrected chi connectivity index (χ0v) is 18.2. The van der Waals surface area contributed by atoms with Gasteiger partial charge in [-0.25, -0.2) is 48.3 Å². The van der Waals surface area contributed by atoms with E-state index in [-0.39, 0.29) is 11.9 Å². The highest BCUT2D eigenvalue weighted by Crippen LogP contribution is 2.42.